The molecule has 3 N–H and O–H groups in total. The molecule has 31 heavy (non-hydrogen) atoms. The Morgan fingerprint density at radius 1 is 0.935 bits per heavy atom. The standard InChI is InChI=1S/C24H19N5O2/c30-21-14-18(16-10-4-6-12-19(16)25-21)24(31)26-20-13-7-5-11-17(20)23-27-22(28-29-23)15-8-2-1-3-9-15/h1-13,18H,14H2,(H,25,30)(H,26,31)(H,27,28,29). The summed E-state index contributed by atoms with van der Waals surface area (Å²) in [5.41, 5.74) is 3.71. The molecule has 0 bridgehead atoms. The van der Waals surface area contributed by atoms with Crippen molar-refractivity contribution in [3.8, 4) is 22.8 Å². The SMILES string of the molecule is O=C1CC(C(=O)Nc2ccccc2-c2nc(-c3ccccc3)n[nH]2)c2ccccc2N1. The van der Waals surface area contributed by atoms with E-state index < -0.39 is 5.92 Å². The Labute approximate surface area is 178 Å². The van der Waals surface area contributed by atoms with Gasteiger partial charge < -0.3 is 10.6 Å². The van der Waals surface area contributed by atoms with Crippen LogP contribution in [0.5, 0.6) is 0 Å². The number of amides is 2. The van der Waals surface area contributed by atoms with E-state index in [1.165, 1.54) is 0 Å². The minimum atomic E-state index is -0.562. The highest BCUT2D eigenvalue weighted by Gasteiger charge is 2.30. The largest absolute Gasteiger partial charge is 0.326 e. The van der Waals surface area contributed by atoms with Crippen molar-refractivity contribution in [1.82, 2.24) is 15.2 Å². The summed E-state index contributed by atoms with van der Waals surface area (Å²) in [5.74, 6) is 0.159. The number of para-hydroxylation sites is 2. The number of nitrogens with one attached hydrogen (secondary N) is 3. The van der Waals surface area contributed by atoms with Gasteiger partial charge in [0.15, 0.2) is 11.6 Å². The maximum Gasteiger partial charge on any atom is 0.232 e. The van der Waals surface area contributed by atoms with E-state index in [1.807, 2.05) is 72.8 Å². The van der Waals surface area contributed by atoms with Crippen molar-refractivity contribution < 1.29 is 9.59 Å². The summed E-state index contributed by atoms with van der Waals surface area (Å²) in [6.45, 7) is 0. The second-order valence-electron chi connectivity index (χ2n) is 7.30. The molecule has 0 saturated carbocycles. The predicted molar refractivity (Wildman–Crippen MR) is 118 cm³/mol. The summed E-state index contributed by atoms with van der Waals surface area (Å²) in [7, 11) is 0. The molecule has 1 atom stereocenters. The summed E-state index contributed by atoms with van der Waals surface area (Å²) < 4.78 is 0. The summed E-state index contributed by atoms with van der Waals surface area (Å²) in [4.78, 5) is 29.9. The van der Waals surface area contributed by atoms with Gasteiger partial charge in [0, 0.05) is 23.2 Å². The molecule has 1 aliphatic rings. The first-order valence-electron chi connectivity index (χ1n) is 9.96. The molecule has 3 aromatic carbocycles. The van der Waals surface area contributed by atoms with Crippen molar-refractivity contribution >= 4 is 23.2 Å². The third-order valence-corrected chi connectivity index (χ3v) is 5.27. The molecular weight excluding hydrogens is 390 g/mol. The fraction of sp³-hybridized carbons (Fsp3) is 0.0833. The van der Waals surface area contributed by atoms with Crippen molar-refractivity contribution in [2.24, 2.45) is 0 Å². The third-order valence-electron chi connectivity index (χ3n) is 5.27. The number of hydrogen-bond acceptors (Lipinski definition) is 4. The number of nitrogens with zero attached hydrogens (tertiary/aromatic N) is 2. The second kappa shape index (κ2) is 7.87. The number of anilines is 2. The molecule has 0 saturated heterocycles. The van der Waals surface area contributed by atoms with Gasteiger partial charge in [0.05, 0.1) is 11.6 Å². The van der Waals surface area contributed by atoms with E-state index in [4.69, 9.17) is 0 Å². The van der Waals surface area contributed by atoms with Crippen molar-refractivity contribution in [3.63, 3.8) is 0 Å². The first kappa shape index (κ1) is 18.7. The molecule has 0 radical (unpaired) electrons. The van der Waals surface area contributed by atoms with E-state index >= 15 is 0 Å². The molecule has 4 aromatic rings. The first-order valence-corrected chi connectivity index (χ1v) is 9.96. The summed E-state index contributed by atoms with van der Waals surface area (Å²) in [5, 5.41) is 13.1. The quantitative estimate of drug-likeness (QED) is 0.470. The molecule has 0 spiro atoms. The lowest BCUT2D eigenvalue weighted by molar-refractivity contribution is -0.123. The number of hydrogen-bond donors (Lipinski definition) is 3. The first-order chi connectivity index (χ1) is 15.2. The highest BCUT2D eigenvalue weighted by Crippen LogP contribution is 2.34. The molecule has 5 rings (SSSR count). The number of benzene rings is 3. The maximum atomic E-state index is 13.1. The van der Waals surface area contributed by atoms with Crippen LogP contribution in [0.15, 0.2) is 78.9 Å². The smallest absolute Gasteiger partial charge is 0.232 e. The number of H-pyrrole nitrogens is 1. The molecule has 152 valence electrons. The number of aromatic nitrogens is 3. The van der Waals surface area contributed by atoms with E-state index in [0.29, 0.717) is 23.0 Å². The summed E-state index contributed by atoms with van der Waals surface area (Å²) in [6.07, 6.45) is 0.103. The zero-order valence-electron chi connectivity index (χ0n) is 16.5. The van der Waals surface area contributed by atoms with E-state index in [0.717, 1.165) is 16.7 Å². The molecular formula is C24H19N5O2. The molecule has 0 aliphatic carbocycles. The van der Waals surface area contributed by atoms with Crippen LogP contribution in [0.1, 0.15) is 17.9 Å². The van der Waals surface area contributed by atoms with Crippen molar-refractivity contribution in [2.75, 3.05) is 10.6 Å². The zero-order valence-corrected chi connectivity index (χ0v) is 16.5. The van der Waals surface area contributed by atoms with Gasteiger partial charge in [-0.15, -0.1) is 0 Å². The normalized spacial score (nSPS) is 15.1. The summed E-state index contributed by atoms with van der Waals surface area (Å²) >= 11 is 0. The van der Waals surface area contributed by atoms with E-state index in [2.05, 4.69) is 25.8 Å². The van der Waals surface area contributed by atoms with E-state index in [9.17, 15) is 9.59 Å². The zero-order chi connectivity index (χ0) is 21.2. The van der Waals surface area contributed by atoms with Gasteiger partial charge in [0.1, 0.15) is 0 Å². The summed E-state index contributed by atoms with van der Waals surface area (Å²) in [6, 6.07) is 24.4. The van der Waals surface area contributed by atoms with Crippen molar-refractivity contribution in [1.29, 1.82) is 0 Å². The molecule has 1 aliphatic heterocycles. The fourth-order valence-electron chi connectivity index (χ4n) is 3.76. The number of fused-ring (bicyclic) bond motifs is 1. The van der Waals surface area contributed by atoms with E-state index in [1.54, 1.807) is 6.07 Å². The van der Waals surface area contributed by atoms with Gasteiger partial charge in [0.25, 0.3) is 0 Å². The van der Waals surface area contributed by atoms with Crippen LogP contribution >= 0.6 is 0 Å². The molecule has 0 fully saturated rings. The average molecular weight is 409 g/mol. The van der Waals surface area contributed by atoms with Gasteiger partial charge in [0.2, 0.25) is 11.8 Å². The molecule has 2 heterocycles. The fourth-order valence-corrected chi connectivity index (χ4v) is 3.76. The monoisotopic (exact) mass is 409 g/mol. The Balaban J connectivity index is 1.44. The molecule has 1 unspecified atom stereocenters. The van der Waals surface area contributed by atoms with E-state index in [-0.39, 0.29) is 18.2 Å². The Morgan fingerprint density at radius 3 is 2.55 bits per heavy atom. The van der Waals surface area contributed by atoms with Crippen LogP contribution in [0.4, 0.5) is 11.4 Å². The minimum absolute atomic E-state index is 0.103. The lowest BCUT2D eigenvalue weighted by Gasteiger charge is -2.25. The second-order valence-corrected chi connectivity index (χ2v) is 7.30. The molecule has 2 amide bonds. The van der Waals surface area contributed by atoms with Crippen LogP contribution in [0.25, 0.3) is 22.8 Å². The van der Waals surface area contributed by atoms with Gasteiger partial charge in [-0.1, -0.05) is 60.7 Å². The third kappa shape index (κ3) is 3.69. The van der Waals surface area contributed by atoms with Crippen molar-refractivity contribution in [2.45, 2.75) is 12.3 Å². The van der Waals surface area contributed by atoms with Gasteiger partial charge >= 0.3 is 0 Å². The highest BCUT2D eigenvalue weighted by molar-refractivity contribution is 6.06. The number of carbonyl (C=O) groups is 2. The predicted octanol–water partition coefficient (Wildman–Crippen LogP) is 4.20. The maximum absolute atomic E-state index is 13.1. The number of carbonyl (C=O) groups excluding carboxylic acids is 2. The van der Waals surface area contributed by atoms with Crippen LogP contribution in [0.2, 0.25) is 0 Å². The van der Waals surface area contributed by atoms with Crippen LogP contribution in [-0.4, -0.2) is 27.0 Å². The Bertz CT molecular complexity index is 1270. The Hall–Kier alpha value is -4.26. The average Bonchev–Trinajstić information content (AvgIpc) is 3.29. The highest BCUT2D eigenvalue weighted by atomic mass is 16.2. The van der Waals surface area contributed by atoms with Crippen LogP contribution in [-0.2, 0) is 9.59 Å². The molecule has 1 aromatic heterocycles. The number of aromatic amines is 1. The molecule has 7 heteroatoms. The van der Waals surface area contributed by atoms with Crippen LogP contribution in [0, 0.1) is 0 Å². The Morgan fingerprint density at radius 2 is 1.68 bits per heavy atom. The van der Waals surface area contributed by atoms with Gasteiger partial charge in [-0.05, 0) is 23.8 Å². The van der Waals surface area contributed by atoms with Crippen molar-refractivity contribution in [3.05, 3.63) is 84.4 Å². The molecule has 7 nitrogen and oxygen atoms in total. The number of rotatable bonds is 4. The lowest BCUT2D eigenvalue weighted by Crippen LogP contribution is -2.30. The topological polar surface area (TPSA) is 99.8 Å². The van der Waals surface area contributed by atoms with Gasteiger partial charge in [-0.25, -0.2) is 4.98 Å². The van der Waals surface area contributed by atoms with Crippen LogP contribution < -0.4 is 10.6 Å². The van der Waals surface area contributed by atoms with Crippen LogP contribution in [0.3, 0.4) is 0 Å². The Kier molecular flexibility index (Phi) is 4.76. The minimum Gasteiger partial charge on any atom is -0.326 e. The van der Waals surface area contributed by atoms with Gasteiger partial charge in [-0.2, -0.15) is 5.10 Å². The van der Waals surface area contributed by atoms with Gasteiger partial charge in [-0.3, -0.25) is 14.7 Å². The lowest BCUT2D eigenvalue weighted by atomic mass is 9.89.